The van der Waals surface area contributed by atoms with Gasteiger partial charge in [-0.2, -0.15) is 0 Å². The SMILES string of the molecule is CC(=O)[O-].CC(=O)[O-].CC(=O)[O-].CCOCC.CO.COc1cccc(/C=N/OCCO/N=C/c2ccc(/C=N/OCCO/N=C/c3cccc(OC)c3[O-])c([O-])c2[O-])c1[O-].O.[Tb+3].[Zn+2].[Zn+2]. The normalized spacial score (nSPS) is 9.31. The van der Waals surface area contributed by atoms with Gasteiger partial charge in [-0.3, -0.25) is 0 Å². The number of carbonyl (C=O) groups excluding carboxylic acids is 3. The molecule has 0 fully saturated rings. The van der Waals surface area contributed by atoms with Gasteiger partial charge in [-0.05, 0) is 69.0 Å². The standard InChI is InChI=1S/C28H30N4O10.C4H10O.3C2H4O2.CH4O.H2O.Tb.2Zn/c1-37-23-7-3-5-19(25(23)33)15-29-39-11-13-41-31-17-21-9-10-22(28(36)27(21)35)18-32-42-14-12-40-30-16-20-6-4-8-24(38-2)26(20)34;1-3-5-4-2;3*1-2(3)4;1-2;;;;/h3-10,15-18,33-36H,11-14H2,1-2H3;3-4H2,1-2H3;3*1H3,(H,3,4);2H,1H3;1H2;;;/q;;;;;;;+3;2*+2/p-7/b29-15+,30-16+,31-17+,32-18+;;;;;;;;;. The Kier molecular flexibility index (Phi) is 57.5. The molecule has 354 valence electrons. The number of nitrogens with zero attached hydrogens (tertiary/aromatic N) is 4. The van der Waals surface area contributed by atoms with Gasteiger partial charge in [-0.25, -0.2) is 0 Å². The largest absolute Gasteiger partial charge is 3.00 e. The molecule has 65 heavy (non-hydrogen) atoms. The second-order valence-corrected chi connectivity index (χ2v) is 10.2. The van der Waals surface area contributed by atoms with Crippen LogP contribution < -0.4 is 45.2 Å². The van der Waals surface area contributed by atoms with E-state index < -0.39 is 29.4 Å². The van der Waals surface area contributed by atoms with E-state index in [1.165, 1.54) is 38.8 Å². The van der Waals surface area contributed by atoms with Crippen molar-refractivity contribution in [1.82, 2.24) is 0 Å². The van der Waals surface area contributed by atoms with Crippen LogP contribution in [0.4, 0.5) is 0 Å². The molecular weight excluding hydrogens is 1120 g/mol. The number of aliphatic carboxylic acids is 3. The second kappa shape index (κ2) is 50.2. The van der Waals surface area contributed by atoms with Gasteiger partial charge in [0.15, 0.2) is 26.4 Å². The number of rotatable bonds is 18. The van der Waals surface area contributed by atoms with Crippen LogP contribution in [0.3, 0.4) is 0 Å². The quantitative estimate of drug-likeness (QED) is 0.0570. The minimum atomic E-state index is -1.08. The maximum atomic E-state index is 12.3. The number of hydrogen-bond donors (Lipinski definition) is 1. The molecule has 0 radical (unpaired) electrons. The Balaban J connectivity index is -0.000000249. The molecule has 3 rings (SSSR count). The summed E-state index contributed by atoms with van der Waals surface area (Å²) in [6, 6.07) is 12.3. The van der Waals surface area contributed by atoms with Crippen LogP contribution in [-0.2, 0) is 77.4 Å². The van der Waals surface area contributed by atoms with Crippen molar-refractivity contribution in [3.8, 4) is 34.5 Å². The molecule has 0 aliphatic rings. The number of carboxylic acid groups (broad SMARTS) is 3. The van der Waals surface area contributed by atoms with Gasteiger partial charge < -0.3 is 94.3 Å². The van der Waals surface area contributed by atoms with Gasteiger partial charge >= 0.3 is 77.6 Å². The molecule has 0 atom stereocenters. The molecule has 0 aliphatic heterocycles. The van der Waals surface area contributed by atoms with Crippen molar-refractivity contribution < 1.29 is 172 Å². The number of carboxylic acids is 3. The Morgan fingerprint density at radius 2 is 0.754 bits per heavy atom. The van der Waals surface area contributed by atoms with E-state index in [1.807, 2.05) is 13.8 Å². The summed E-state index contributed by atoms with van der Waals surface area (Å²) in [6.45, 7) is 8.59. The molecule has 0 aliphatic carbocycles. The molecule has 0 amide bonds. The fourth-order valence-corrected chi connectivity index (χ4v) is 3.33. The van der Waals surface area contributed by atoms with Crippen molar-refractivity contribution in [2.75, 3.05) is 61.0 Å². The average Bonchev–Trinajstić information content (AvgIpc) is 3.21. The zero-order chi connectivity index (χ0) is 47.0. The summed E-state index contributed by atoms with van der Waals surface area (Å²) in [6.07, 6.45) is 4.71. The Bertz CT molecular complexity index is 1660. The maximum Gasteiger partial charge on any atom is 3.00 e. The molecule has 0 unspecified atom stereocenters. The summed E-state index contributed by atoms with van der Waals surface area (Å²) in [5.74, 6) is -5.09. The molecule has 0 bridgehead atoms. The van der Waals surface area contributed by atoms with Gasteiger partial charge in [0.2, 0.25) is 0 Å². The van der Waals surface area contributed by atoms with E-state index in [0.717, 1.165) is 53.5 Å². The van der Waals surface area contributed by atoms with Gasteiger partial charge in [0.25, 0.3) is 0 Å². The van der Waals surface area contributed by atoms with Crippen molar-refractivity contribution >= 4 is 42.8 Å². The third-order valence-electron chi connectivity index (χ3n) is 5.64. The average molecular weight is 1170 g/mol. The third kappa shape index (κ3) is 41.6. The van der Waals surface area contributed by atoms with Gasteiger partial charge in [0.05, 0.1) is 39.1 Å². The topological polar surface area (TPSA) is 378 Å². The smallest absolute Gasteiger partial charge is 0.872 e. The number of hydrogen-bond acceptors (Lipinski definition) is 22. The number of ether oxygens (including phenoxy) is 3. The Morgan fingerprint density at radius 1 is 0.523 bits per heavy atom. The van der Waals surface area contributed by atoms with E-state index in [0.29, 0.717) is 11.1 Å². The van der Waals surface area contributed by atoms with Crippen LogP contribution in [0, 0.1) is 38.6 Å². The van der Waals surface area contributed by atoms with Crippen LogP contribution >= 0.6 is 0 Å². The van der Waals surface area contributed by atoms with Crippen molar-refractivity contribution in [3.63, 3.8) is 0 Å². The maximum absolute atomic E-state index is 12.3. The number of para-hydroxylation sites is 2. The fourth-order valence-electron chi connectivity index (χ4n) is 3.33. The number of aliphatic hydroxyl groups is 1. The third-order valence-corrected chi connectivity index (χ3v) is 5.64. The van der Waals surface area contributed by atoms with Gasteiger partial charge in [-0.1, -0.05) is 68.5 Å². The Morgan fingerprint density at radius 3 is 0.954 bits per heavy atom. The summed E-state index contributed by atoms with van der Waals surface area (Å²) < 4.78 is 14.7. The molecule has 0 spiro atoms. The van der Waals surface area contributed by atoms with Gasteiger partial charge in [-0.15, -0.1) is 11.5 Å². The van der Waals surface area contributed by atoms with Gasteiger partial charge in [0.1, 0.15) is 11.5 Å². The van der Waals surface area contributed by atoms with Crippen LogP contribution in [0.1, 0.15) is 56.9 Å². The summed E-state index contributed by atoms with van der Waals surface area (Å²) in [5, 5.41) is 96.9. The van der Waals surface area contributed by atoms with E-state index in [2.05, 4.69) is 20.6 Å². The Hall–Kier alpha value is -4.84. The number of benzene rings is 3. The summed E-state index contributed by atoms with van der Waals surface area (Å²) >= 11 is 0. The monoisotopic (exact) mass is 1170 g/mol. The molecule has 0 saturated carbocycles. The first-order chi connectivity index (χ1) is 29.1. The van der Waals surface area contributed by atoms with E-state index in [4.69, 9.17) is 68.4 Å². The zero-order valence-electron chi connectivity index (χ0n) is 37.1. The van der Waals surface area contributed by atoms with Gasteiger partial charge in [0, 0.05) is 38.2 Å². The molecular formula is C39H51N4O19TbZn2. The Labute approximate surface area is 432 Å². The molecule has 0 heterocycles. The molecule has 26 heteroatoms. The van der Waals surface area contributed by atoms with Crippen molar-refractivity contribution in [2.24, 2.45) is 20.6 Å². The predicted octanol–water partition coefficient (Wildman–Crippen LogP) is -3.11. The zero-order valence-corrected chi connectivity index (χ0v) is 45.2. The van der Waals surface area contributed by atoms with Crippen LogP contribution in [0.15, 0.2) is 69.2 Å². The first kappa shape index (κ1) is 74.5. The van der Waals surface area contributed by atoms with Crippen LogP contribution in [0.5, 0.6) is 34.5 Å². The first-order valence-corrected chi connectivity index (χ1v) is 17.4. The summed E-state index contributed by atoms with van der Waals surface area (Å²) in [7, 11) is 3.79. The van der Waals surface area contributed by atoms with E-state index in [9.17, 15) is 20.4 Å². The minimum Gasteiger partial charge on any atom is -0.872 e. The number of aliphatic hydroxyl groups excluding tert-OH is 1. The molecule has 3 aromatic carbocycles. The van der Waals surface area contributed by atoms with Crippen LogP contribution in [0.25, 0.3) is 0 Å². The molecule has 0 saturated heterocycles. The van der Waals surface area contributed by atoms with Crippen molar-refractivity contribution in [3.05, 3.63) is 70.8 Å². The second-order valence-electron chi connectivity index (χ2n) is 10.2. The van der Waals surface area contributed by atoms with E-state index in [1.54, 1.807) is 36.4 Å². The molecule has 0 aromatic heterocycles. The number of methoxy groups -OCH3 is 2. The summed E-state index contributed by atoms with van der Waals surface area (Å²) in [5.41, 5.74) is 0.624. The van der Waals surface area contributed by atoms with Crippen LogP contribution in [-0.4, -0.2) is 114 Å². The van der Waals surface area contributed by atoms with Crippen LogP contribution in [0.2, 0.25) is 0 Å². The molecule has 3 N–H and O–H groups in total. The number of carbonyl (C=O) groups is 3. The van der Waals surface area contributed by atoms with Crippen molar-refractivity contribution in [1.29, 1.82) is 0 Å². The fraction of sp³-hybridized carbons (Fsp3) is 0.359. The predicted molar refractivity (Wildman–Crippen MR) is 210 cm³/mol. The first-order valence-electron chi connectivity index (χ1n) is 17.4. The molecule has 23 nitrogen and oxygen atoms in total. The number of oxime groups is 4. The van der Waals surface area contributed by atoms with Crippen molar-refractivity contribution in [2.45, 2.75) is 34.6 Å². The molecule has 3 aromatic rings. The van der Waals surface area contributed by atoms with E-state index >= 15 is 0 Å². The minimum absolute atomic E-state index is 0. The van der Waals surface area contributed by atoms with E-state index in [-0.39, 0.29) is 144 Å². The summed E-state index contributed by atoms with van der Waals surface area (Å²) in [4.78, 5) is 46.7.